The number of hydrogen-bond donors (Lipinski definition) is 1. The Morgan fingerprint density at radius 3 is 2.71 bits per heavy atom. The zero-order valence-corrected chi connectivity index (χ0v) is 14.6. The minimum Gasteiger partial charge on any atom is -0.444 e. The van der Waals surface area contributed by atoms with Crippen LogP contribution in [-0.2, 0) is 24.2 Å². The summed E-state index contributed by atoms with van der Waals surface area (Å²) in [4.78, 5) is 28.1. The Labute approximate surface area is 141 Å². The molecule has 2 aliphatic heterocycles. The Morgan fingerprint density at radius 2 is 2.04 bits per heavy atom. The van der Waals surface area contributed by atoms with Crippen molar-refractivity contribution in [3.8, 4) is 0 Å². The molecule has 1 N–H and O–H groups in total. The summed E-state index contributed by atoms with van der Waals surface area (Å²) >= 11 is 0. The van der Waals surface area contributed by atoms with Gasteiger partial charge in [0.2, 0.25) is 0 Å². The molecule has 1 atom stereocenters. The van der Waals surface area contributed by atoms with E-state index in [1.165, 1.54) is 4.90 Å². The van der Waals surface area contributed by atoms with Gasteiger partial charge in [-0.05, 0) is 20.8 Å². The molecule has 1 aromatic heterocycles. The average Bonchev–Trinajstić information content (AvgIpc) is 2.75. The second-order valence-corrected chi connectivity index (χ2v) is 7.45. The molecule has 0 aliphatic carbocycles. The Bertz CT molecular complexity index is 676. The fourth-order valence-electron chi connectivity index (χ4n) is 3.12. The van der Waals surface area contributed by atoms with Crippen LogP contribution >= 0.6 is 0 Å². The van der Waals surface area contributed by atoms with E-state index in [1.807, 2.05) is 20.8 Å². The van der Waals surface area contributed by atoms with Crippen molar-refractivity contribution in [3.63, 3.8) is 0 Å². The highest BCUT2D eigenvalue weighted by Crippen LogP contribution is 2.26. The zero-order valence-electron chi connectivity index (χ0n) is 14.6. The summed E-state index contributed by atoms with van der Waals surface area (Å²) in [5, 5.41) is 14.5. The summed E-state index contributed by atoms with van der Waals surface area (Å²) in [6, 6.07) is 0. The van der Waals surface area contributed by atoms with E-state index in [1.54, 1.807) is 16.6 Å². The molecule has 0 fully saturated rings. The summed E-state index contributed by atoms with van der Waals surface area (Å²) in [6.45, 7) is 6.84. The van der Waals surface area contributed by atoms with Gasteiger partial charge < -0.3 is 19.6 Å². The predicted molar refractivity (Wildman–Crippen MR) is 85.5 cm³/mol. The Balaban J connectivity index is 1.89. The maximum absolute atomic E-state index is 12.6. The monoisotopic (exact) mass is 336 g/mol. The van der Waals surface area contributed by atoms with Crippen LogP contribution in [0.15, 0.2) is 0 Å². The third kappa shape index (κ3) is 3.10. The highest BCUT2D eigenvalue weighted by Gasteiger charge is 2.35. The van der Waals surface area contributed by atoms with Crippen LogP contribution in [0, 0.1) is 0 Å². The van der Waals surface area contributed by atoms with Crippen LogP contribution in [0.1, 0.15) is 42.5 Å². The minimum atomic E-state index is -0.650. The van der Waals surface area contributed by atoms with E-state index in [9.17, 15) is 14.7 Å². The molecule has 8 nitrogen and oxygen atoms in total. The molecule has 0 aromatic carbocycles. The fraction of sp³-hybridized carbons (Fsp3) is 0.688. The number of aromatic nitrogens is 2. The first kappa shape index (κ1) is 16.8. The number of ether oxygens (including phenoxy) is 1. The molecule has 0 bridgehead atoms. The molecule has 8 heteroatoms. The van der Waals surface area contributed by atoms with Crippen LogP contribution in [0.5, 0.6) is 0 Å². The molecule has 2 aliphatic rings. The van der Waals surface area contributed by atoms with Gasteiger partial charge in [0.05, 0.1) is 24.9 Å². The lowest BCUT2D eigenvalue weighted by Gasteiger charge is -2.30. The molecule has 0 saturated carbocycles. The smallest absolute Gasteiger partial charge is 0.410 e. The molecular formula is C16H24N4O4. The highest BCUT2D eigenvalue weighted by atomic mass is 16.6. The summed E-state index contributed by atoms with van der Waals surface area (Å²) < 4.78 is 7.01. The maximum atomic E-state index is 12.6. The highest BCUT2D eigenvalue weighted by molar-refractivity contribution is 5.94. The summed E-state index contributed by atoms with van der Waals surface area (Å²) in [5.41, 5.74) is 1.49. The maximum Gasteiger partial charge on any atom is 0.410 e. The van der Waals surface area contributed by atoms with Crippen molar-refractivity contribution < 1.29 is 19.4 Å². The summed E-state index contributed by atoms with van der Waals surface area (Å²) in [5.74, 6) is -0.175. The van der Waals surface area contributed by atoms with Gasteiger partial charge >= 0.3 is 6.09 Å². The molecule has 0 radical (unpaired) electrons. The third-order valence-electron chi connectivity index (χ3n) is 4.17. The van der Waals surface area contributed by atoms with Crippen LogP contribution in [0.2, 0.25) is 0 Å². The SMILES string of the molecule is CN1C[C@@H](O)Cn2nc3c(c2C1=O)CN(C(=O)OC(C)(C)C)CC3. The molecule has 3 heterocycles. The van der Waals surface area contributed by atoms with E-state index >= 15 is 0 Å². The van der Waals surface area contributed by atoms with E-state index in [0.717, 1.165) is 11.3 Å². The lowest BCUT2D eigenvalue weighted by Crippen LogP contribution is -2.40. The lowest BCUT2D eigenvalue weighted by atomic mass is 10.1. The van der Waals surface area contributed by atoms with Crippen LogP contribution in [0.25, 0.3) is 0 Å². The Kier molecular flexibility index (Phi) is 4.03. The van der Waals surface area contributed by atoms with Gasteiger partial charge in [0.25, 0.3) is 5.91 Å². The molecule has 0 unspecified atom stereocenters. The number of fused-ring (bicyclic) bond motifs is 3. The molecule has 2 amide bonds. The van der Waals surface area contributed by atoms with Crippen LogP contribution in [-0.4, -0.2) is 68.5 Å². The number of carbonyl (C=O) groups is 2. The number of nitrogens with zero attached hydrogens (tertiary/aromatic N) is 4. The van der Waals surface area contributed by atoms with Crippen molar-refractivity contribution in [1.29, 1.82) is 0 Å². The van der Waals surface area contributed by atoms with E-state index in [-0.39, 0.29) is 25.1 Å². The number of aliphatic hydroxyl groups is 1. The minimum absolute atomic E-state index is 0.175. The average molecular weight is 336 g/mol. The fourth-order valence-corrected chi connectivity index (χ4v) is 3.12. The topological polar surface area (TPSA) is 87.9 Å². The van der Waals surface area contributed by atoms with Gasteiger partial charge in [-0.2, -0.15) is 5.10 Å². The van der Waals surface area contributed by atoms with Gasteiger partial charge in [-0.3, -0.25) is 9.48 Å². The first-order valence-electron chi connectivity index (χ1n) is 8.15. The number of likely N-dealkylation sites (N-methyl/N-ethyl adjacent to an activating group) is 1. The number of hydrogen-bond acceptors (Lipinski definition) is 5. The van der Waals surface area contributed by atoms with Crippen molar-refractivity contribution in [2.75, 3.05) is 20.1 Å². The van der Waals surface area contributed by atoms with Crippen LogP contribution in [0.4, 0.5) is 4.79 Å². The first-order chi connectivity index (χ1) is 11.2. The summed E-state index contributed by atoms with van der Waals surface area (Å²) in [6.07, 6.45) is -0.465. The van der Waals surface area contributed by atoms with Gasteiger partial charge in [-0.25, -0.2) is 4.79 Å². The number of aliphatic hydroxyl groups excluding tert-OH is 1. The van der Waals surface area contributed by atoms with Crippen LogP contribution < -0.4 is 0 Å². The number of amides is 2. The molecule has 0 saturated heterocycles. The molecule has 0 spiro atoms. The summed E-state index contributed by atoms with van der Waals surface area (Å²) in [7, 11) is 1.66. The predicted octanol–water partition coefficient (Wildman–Crippen LogP) is 0.623. The van der Waals surface area contributed by atoms with Crippen molar-refractivity contribution in [3.05, 3.63) is 17.0 Å². The molecule has 132 valence electrons. The van der Waals surface area contributed by atoms with Crippen molar-refractivity contribution >= 4 is 12.0 Å². The van der Waals surface area contributed by atoms with Crippen LogP contribution in [0.3, 0.4) is 0 Å². The number of carbonyl (C=O) groups excluding carboxylic acids is 2. The third-order valence-corrected chi connectivity index (χ3v) is 4.17. The van der Waals surface area contributed by atoms with E-state index in [2.05, 4.69) is 5.10 Å². The molecular weight excluding hydrogens is 312 g/mol. The standard InChI is InChI=1S/C16H24N4O4/c1-16(2,3)24-15(23)19-6-5-12-11(9-19)13-14(22)18(4)7-10(21)8-20(13)17-12/h10,21H,5-9H2,1-4H3/t10-/m1/s1. The van der Waals surface area contributed by atoms with Gasteiger partial charge in [-0.1, -0.05) is 0 Å². The molecule has 3 rings (SSSR count). The van der Waals surface area contributed by atoms with Gasteiger partial charge in [-0.15, -0.1) is 0 Å². The zero-order chi connectivity index (χ0) is 17.6. The van der Waals surface area contributed by atoms with Gasteiger partial charge in [0.1, 0.15) is 11.3 Å². The first-order valence-corrected chi connectivity index (χ1v) is 8.15. The molecule has 1 aromatic rings. The van der Waals surface area contributed by atoms with Crippen molar-refractivity contribution in [2.24, 2.45) is 0 Å². The second-order valence-electron chi connectivity index (χ2n) is 7.45. The number of rotatable bonds is 0. The Hall–Kier alpha value is -2.09. The van der Waals surface area contributed by atoms with Gasteiger partial charge in [0, 0.05) is 32.1 Å². The molecule has 24 heavy (non-hydrogen) atoms. The largest absolute Gasteiger partial charge is 0.444 e. The van der Waals surface area contributed by atoms with E-state index in [0.29, 0.717) is 25.2 Å². The Morgan fingerprint density at radius 1 is 1.33 bits per heavy atom. The quantitative estimate of drug-likeness (QED) is 0.750. The van der Waals surface area contributed by atoms with Crippen molar-refractivity contribution in [1.82, 2.24) is 19.6 Å². The van der Waals surface area contributed by atoms with Gasteiger partial charge in [0.15, 0.2) is 0 Å². The normalized spacial score (nSPS) is 21.2. The lowest BCUT2D eigenvalue weighted by molar-refractivity contribution is 0.0222. The van der Waals surface area contributed by atoms with E-state index in [4.69, 9.17) is 4.74 Å². The number of β-amino-alcohol motifs (C(OH)–C–C–N with tert-alkyl or cyclic N) is 1. The second kappa shape index (κ2) is 5.77. The van der Waals surface area contributed by atoms with Crippen molar-refractivity contribution in [2.45, 2.75) is 52.0 Å². The van der Waals surface area contributed by atoms with E-state index < -0.39 is 11.7 Å².